The van der Waals surface area contributed by atoms with Gasteiger partial charge in [-0.1, -0.05) is 72.5 Å². The summed E-state index contributed by atoms with van der Waals surface area (Å²) >= 11 is 0. The molecule has 6 nitrogen and oxygen atoms in total. The summed E-state index contributed by atoms with van der Waals surface area (Å²) in [6, 6.07) is 0. The number of ether oxygens (including phenoxy) is 1. The highest BCUT2D eigenvalue weighted by Crippen LogP contribution is 2.62. The number of azo groups is 1. The normalized spacial score (nSPS) is 14.6. The van der Waals surface area contributed by atoms with E-state index in [2.05, 4.69) is 72.5 Å². The molecule has 0 heterocycles. The molecule has 7 heteroatoms. The molecule has 0 fully saturated rings. The van der Waals surface area contributed by atoms with Crippen molar-refractivity contribution in [3.05, 3.63) is 0 Å². The van der Waals surface area contributed by atoms with E-state index in [-0.39, 0.29) is 15.1 Å². The van der Waals surface area contributed by atoms with Gasteiger partial charge in [-0.2, -0.15) is 0 Å². The van der Waals surface area contributed by atoms with Gasteiger partial charge in [-0.15, -0.1) is 0 Å². The number of hydrogen-bond acceptors (Lipinski definition) is 4. The summed E-state index contributed by atoms with van der Waals surface area (Å²) in [7, 11) is -2.74. The molecule has 0 saturated carbocycles. The highest BCUT2D eigenvalue weighted by molar-refractivity contribution is 6.83. The molecule has 0 aliphatic rings. The van der Waals surface area contributed by atoms with E-state index in [1.165, 1.54) is 0 Å². The van der Waals surface area contributed by atoms with E-state index in [1.807, 2.05) is 0 Å². The van der Waals surface area contributed by atoms with Crippen molar-refractivity contribution in [1.82, 2.24) is 0 Å². The van der Waals surface area contributed by atoms with Crippen LogP contribution in [0.3, 0.4) is 0 Å². The molecule has 0 aromatic carbocycles. The van der Waals surface area contributed by atoms with Crippen LogP contribution < -0.4 is 0 Å². The first-order chi connectivity index (χ1) is 10.7. The summed E-state index contributed by atoms with van der Waals surface area (Å²) in [5.41, 5.74) is -0.694. The number of carbonyl (C=O) groups excluding carboxylic acids is 2. The Morgan fingerprint density at radius 2 is 0.960 bits per heavy atom. The van der Waals surface area contributed by atoms with Crippen molar-refractivity contribution in [1.29, 1.82) is 0 Å². The summed E-state index contributed by atoms with van der Waals surface area (Å²) in [6.07, 6.45) is -1.74. The van der Waals surface area contributed by atoms with Gasteiger partial charge >= 0.3 is 12.2 Å². The maximum atomic E-state index is 12.4. The molecule has 0 aromatic heterocycles. The van der Waals surface area contributed by atoms with E-state index in [9.17, 15) is 9.59 Å². The molecule has 0 rings (SSSR count). The highest BCUT2D eigenvalue weighted by Gasteiger charge is 2.64. The predicted octanol–water partition coefficient (Wildman–Crippen LogP) is 6.86. The first-order valence-corrected chi connectivity index (χ1v) is 10.5. The van der Waals surface area contributed by atoms with E-state index in [0.717, 1.165) is 0 Å². The molecule has 0 aliphatic heterocycles. The van der Waals surface area contributed by atoms with Crippen molar-refractivity contribution in [2.45, 2.75) is 104 Å². The second-order valence-corrected chi connectivity index (χ2v) is 16.5. The van der Waals surface area contributed by atoms with Crippen LogP contribution in [-0.2, 0) is 9.16 Å². The van der Waals surface area contributed by atoms with Gasteiger partial charge in [0.1, 0.15) is 5.60 Å². The average molecular weight is 373 g/mol. The van der Waals surface area contributed by atoms with Crippen molar-refractivity contribution in [2.75, 3.05) is 0 Å². The minimum absolute atomic E-state index is 0.236. The van der Waals surface area contributed by atoms with Crippen LogP contribution >= 0.6 is 0 Å². The molecular formula is C18H36N2O4Si. The molecule has 2 amide bonds. The average Bonchev–Trinajstić information content (AvgIpc) is 2.26. The van der Waals surface area contributed by atoms with Crippen LogP contribution in [0.25, 0.3) is 0 Å². The summed E-state index contributed by atoms with van der Waals surface area (Å²) < 4.78 is 11.1. The SMILES string of the molecule is CC(C)(C)OC(=O)/N=N/C(=O)O[Si](C(C)(C)C)(C(C)(C)C)C(C)(C)C. The molecular weight excluding hydrogens is 336 g/mol. The van der Waals surface area contributed by atoms with Gasteiger partial charge in [-0.3, -0.25) is 0 Å². The lowest BCUT2D eigenvalue weighted by atomic mass is 10.2. The van der Waals surface area contributed by atoms with Crippen LogP contribution in [0.15, 0.2) is 10.2 Å². The zero-order chi connectivity index (χ0) is 20.5. The smallest absolute Gasteiger partial charge is 0.453 e. The zero-order valence-electron chi connectivity index (χ0n) is 18.0. The lowest BCUT2D eigenvalue weighted by Gasteiger charge is -2.56. The molecule has 0 bridgehead atoms. The third-order valence-corrected chi connectivity index (χ3v) is 10.8. The van der Waals surface area contributed by atoms with Crippen LogP contribution in [0.4, 0.5) is 9.59 Å². The Balaban J connectivity index is 5.71. The molecule has 0 saturated heterocycles. The topological polar surface area (TPSA) is 77.3 Å². The number of rotatable bonds is 1. The van der Waals surface area contributed by atoms with Crippen molar-refractivity contribution >= 4 is 20.5 Å². The maximum absolute atomic E-state index is 12.4. The van der Waals surface area contributed by atoms with Gasteiger partial charge in [0, 0.05) is 0 Å². The Bertz CT molecular complexity index is 493. The quantitative estimate of drug-likeness (QED) is 0.372. The Labute approximate surface area is 153 Å². The first-order valence-electron chi connectivity index (χ1n) is 8.62. The van der Waals surface area contributed by atoms with Crippen molar-refractivity contribution in [3.63, 3.8) is 0 Å². The Kier molecular flexibility index (Phi) is 6.81. The minimum atomic E-state index is -2.74. The second kappa shape index (κ2) is 7.17. The van der Waals surface area contributed by atoms with Gasteiger partial charge in [-0.25, -0.2) is 9.59 Å². The highest BCUT2D eigenvalue weighted by atomic mass is 28.4. The van der Waals surface area contributed by atoms with Crippen molar-refractivity contribution in [2.24, 2.45) is 10.2 Å². The van der Waals surface area contributed by atoms with Crippen molar-refractivity contribution < 1.29 is 18.8 Å². The second-order valence-electron chi connectivity index (χ2n) is 10.5. The molecule has 0 atom stereocenters. The summed E-state index contributed by atoms with van der Waals surface area (Å²) in [5.74, 6) is 0. The van der Waals surface area contributed by atoms with Gasteiger partial charge in [0.2, 0.25) is 0 Å². The number of nitrogens with zero attached hydrogens (tertiary/aromatic N) is 2. The molecule has 146 valence electrons. The molecule has 0 N–H and O–H groups in total. The van der Waals surface area contributed by atoms with Crippen LogP contribution in [0.5, 0.6) is 0 Å². The predicted molar refractivity (Wildman–Crippen MR) is 102 cm³/mol. The van der Waals surface area contributed by atoms with Crippen LogP contribution in [0, 0.1) is 0 Å². The Morgan fingerprint density at radius 1 is 0.640 bits per heavy atom. The van der Waals surface area contributed by atoms with E-state index in [4.69, 9.17) is 9.16 Å². The Morgan fingerprint density at radius 3 is 1.24 bits per heavy atom. The van der Waals surface area contributed by atoms with Gasteiger partial charge in [0.05, 0.1) is 0 Å². The zero-order valence-corrected chi connectivity index (χ0v) is 19.0. The number of carbonyl (C=O) groups is 2. The van der Waals surface area contributed by atoms with Crippen LogP contribution in [-0.4, -0.2) is 26.1 Å². The lowest BCUT2D eigenvalue weighted by Crippen LogP contribution is -2.61. The fourth-order valence-electron chi connectivity index (χ4n) is 4.35. The molecule has 0 spiro atoms. The Hall–Kier alpha value is -1.24. The fraction of sp³-hybridized carbons (Fsp3) is 0.889. The van der Waals surface area contributed by atoms with Gasteiger partial charge in [0.15, 0.2) is 0 Å². The molecule has 0 unspecified atom stereocenters. The monoisotopic (exact) mass is 372 g/mol. The summed E-state index contributed by atoms with van der Waals surface area (Å²) in [5, 5.41) is 6.10. The largest absolute Gasteiger partial charge is 0.499 e. The fourth-order valence-corrected chi connectivity index (χ4v) is 12.3. The van der Waals surface area contributed by atoms with E-state index < -0.39 is 26.1 Å². The third kappa shape index (κ3) is 5.90. The standard InChI is InChI=1S/C18H36N2O4Si/c1-15(2,3)23-13(21)19-20-14(22)24-25(16(4,5)6,17(7,8)9)18(10,11)12/h1-12H3/b20-19+. The van der Waals surface area contributed by atoms with E-state index >= 15 is 0 Å². The van der Waals surface area contributed by atoms with E-state index in [1.54, 1.807) is 20.8 Å². The molecule has 25 heavy (non-hydrogen) atoms. The maximum Gasteiger partial charge on any atom is 0.453 e. The van der Waals surface area contributed by atoms with Crippen molar-refractivity contribution in [3.8, 4) is 0 Å². The minimum Gasteiger partial charge on any atom is -0.499 e. The summed E-state index contributed by atoms with van der Waals surface area (Å²) in [4.78, 5) is 24.1. The first kappa shape index (κ1) is 23.8. The van der Waals surface area contributed by atoms with E-state index in [0.29, 0.717) is 0 Å². The van der Waals surface area contributed by atoms with Crippen LogP contribution in [0.1, 0.15) is 83.1 Å². The molecule has 0 aromatic rings. The van der Waals surface area contributed by atoms with Gasteiger partial charge in [0.25, 0.3) is 8.32 Å². The summed E-state index contributed by atoms with van der Waals surface area (Å²) in [6.45, 7) is 24.0. The third-order valence-electron chi connectivity index (χ3n) is 4.02. The number of hydrogen-bond donors (Lipinski definition) is 0. The van der Waals surface area contributed by atoms with Gasteiger partial charge in [-0.05, 0) is 35.9 Å². The molecule has 0 aliphatic carbocycles. The molecule has 0 radical (unpaired) electrons. The lowest BCUT2D eigenvalue weighted by molar-refractivity contribution is 0.0588. The number of amides is 2. The van der Waals surface area contributed by atoms with Gasteiger partial charge < -0.3 is 9.16 Å². The van der Waals surface area contributed by atoms with Crippen LogP contribution in [0.2, 0.25) is 15.1 Å².